The summed E-state index contributed by atoms with van der Waals surface area (Å²) in [5.41, 5.74) is 6.09. The molecule has 0 amide bonds. The number of aromatic nitrogens is 2. The fraction of sp³-hybridized carbons (Fsp3) is 0.750. The average molecular weight is 287 g/mol. The van der Waals surface area contributed by atoms with Gasteiger partial charge in [-0.1, -0.05) is 13.8 Å². The number of imidazole rings is 1. The molecule has 1 heterocycles. The van der Waals surface area contributed by atoms with Crippen LogP contribution in [0.3, 0.4) is 0 Å². The lowest BCUT2D eigenvalue weighted by atomic mass is 10.3. The molecule has 7 heteroatoms. The van der Waals surface area contributed by atoms with Crippen molar-refractivity contribution in [3.8, 4) is 0 Å². The topological polar surface area (TPSA) is 71.5 Å². The van der Waals surface area contributed by atoms with Gasteiger partial charge in [0.25, 0.3) is 0 Å². The molecule has 0 saturated carbocycles. The van der Waals surface area contributed by atoms with E-state index >= 15 is 0 Å². The molecule has 1 aromatic rings. The van der Waals surface area contributed by atoms with Crippen molar-refractivity contribution in [2.24, 2.45) is 5.73 Å². The van der Waals surface area contributed by atoms with Crippen molar-refractivity contribution in [3.63, 3.8) is 0 Å². The highest BCUT2D eigenvalue weighted by atomic mass is 28.4. The summed E-state index contributed by atoms with van der Waals surface area (Å²) in [5, 5.41) is 0. The summed E-state index contributed by atoms with van der Waals surface area (Å²) in [6.45, 7) is 4.11. The van der Waals surface area contributed by atoms with Gasteiger partial charge in [0.1, 0.15) is 5.82 Å². The Bertz CT molecular complexity index is 374. The molecule has 0 aliphatic rings. The van der Waals surface area contributed by atoms with Crippen molar-refractivity contribution in [2.45, 2.75) is 38.4 Å². The number of rotatable bonds is 8. The van der Waals surface area contributed by atoms with Gasteiger partial charge in [-0.25, -0.2) is 4.98 Å². The minimum absolute atomic E-state index is 0.0277. The van der Waals surface area contributed by atoms with Crippen molar-refractivity contribution in [1.82, 2.24) is 9.55 Å². The second-order valence-corrected chi connectivity index (χ2v) is 7.47. The lowest BCUT2D eigenvalue weighted by Gasteiger charge is -2.32. The fourth-order valence-corrected chi connectivity index (χ4v) is 4.73. The maximum absolute atomic E-state index is 6.12. The van der Waals surface area contributed by atoms with Crippen molar-refractivity contribution in [1.29, 1.82) is 0 Å². The van der Waals surface area contributed by atoms with Gasteiger partial charge in [0.15, 0.2) is 0 Å². The zero-order valence-electron chi connectivity index (χ0n) is 12.4. The van der Waals surface area contributed by atoms with Crippen LogP contribution in [0.1, 0.15) is 44.2 Å². The van der Waals surface area contributed by atoms with E-state index in [1.54, 1.807) is 27.5 Å². The highest BCUT2D eigenvalue weighted by molar-refractivity contribution is 6.62. The first kappa shape index (κ1) is 16.3. The van der Waals surface area contributed by atoms with Gasteiger partial charge in [0.05, 0.1) is 11.7 Å². The molecule has 0 bridgehead atoms. The molecule has 2 unspecified atom stereocenters. The summed E-state index contributed by atoms with van der Waals surface area (Å²) < 4.78 is 18.7. The zero-order valence-corrected chi connectivity index (χ0v) is 13.4. The molecule has 1 aromatic heterocycles. The van der Waals surface area contributed by atoms with Crippen LogP contribution in [0.5, 0.6) is 0 Å². The predicted octanol–water partition coefficient (Wildman–Crippen LogP) is 1.66. The summed E-state index contributed by atoms with van der Waals surface area (Å²) in [5.74, 6) is 0.870. The van der Waals surface area contributed by atoms with Crippen molar-refractivity contribution < 1.29 is 13.3 Å². The lowest BCUT2D eigenvalue weighted by molar-refractivity contribution is 0.109. The van der Waals surface area contributed by atoms with Crippen LogP contribution < -0.4 is 5.73 Å². The Kier molecular flexibility index (Phi) is 6.15. The quantitative estimate of drug-likeness (QED) is 0.736. The molecule has 0 aromatic carbocycles. The van der Waals surface area contributed by atoms with E-state index in [4.69, 9.17) is 19.0 Å². The van der Waals surface area contributed by atoms with Gasteiger partial charge in [0, 0.05) is 33.7 Å². The van der Waals surface area contributed by atoms with Gasteiger partial charge in [-0.3, -0.25) is 0 Å². The Morgan fingerprint density at radius 3 is 2.21 bits per heavy atom. The summed E-state index contributed by atoms with van der Waals surface area (Å²) in [6.07, 6.45) is 5.21. The average Bonchev–Trinajstić information content (AvgIpc) is 2.93. The monoisotopic (exact) mass is 287 g/mol. The first-order valence-electron chi connectivity index (χ1n) is 6.53. The van der Waals surface area contributed by atoms with Gasteiger partial charge in [0.2, 0.25) is 0 Å². The first-order chi connectivity index (χ1) is 9.10. The van der Waals surface area contributed by atoms with Crippen LogP contribution in [0.25, 0.3) is 0 Å². The van der Waals surface area contributed by atoms with E-state index in [0.29, 0.717) is 0 Å². The number of nitrogens with two attached hydrogens (primary N) is 1. The molecule has 19 heavy (non-hydrogen) atoms. The molecule has 6 nitrogen and oxygen atoms in total. The minimum Gasteiger partial charge on any atom is -0.376 e. The Balaban J connectivity index is 3.19. The second kappa shape index (κ2) is 7.16. The van der Waals surface area contributed by atoms with Crippen LogP contribution in [-0.2, 0) is 13.3 Å². The van der Waals surface area contributed by atoms with Crippen molar-refractivity contribution in [3.05, 3.63) is 18.2 Å². The Labute approximate surface area is 116 Å². The van der Waals surface area contributed by atoms with Gasteiger partial charge >= 0.3 is 8.80 Å². The van der Waals surface area contributed by atoms with Crippen LogP contribution in [0, 0.1) is 0 Å². The first-order valence-corrected chi connectivity index (χ1v) is 8.34. The van der Waals surface area contributed by atoms with Crippen LogP contribution in [-0.4, -0.2) is 39.7 Å². The standard InChI is InChI=1S/C12H25N3O3Si/c1-6-10(19(16-3,17-4)18-5)12-14-8-9-15(12)11(13)7-2/h8-11H,6-7,13H2,1-5H3. The third kappa shape index (κ3) is 3.06. The smallest absolute Gasteiger partial charge is 0.376 e. The third-order valence-corrected chi connectivity index (χ3v) is 6.70. The Morgan fingerprint density at radius 1 is 1.21 bits per heavy atom. The molecule has 110 valence electrons. The van der Waals surface area contributed by atoms with E-state index in [0.717, 1.165) is 18.7 Å². The van der Waals surface area contributed by atoms with Gasteiger partial charge in [-0.05, 0) is 12.8 Å². The van der Waals surface area contributed by atoms with E-state index in [1.165, 1.54) is 0 Å². The zero-order chi connectivity index (χ0) is 14.5. The largest absolute Gasteiger partial charge is 0.511 e. The van der Waals surface area contributed by atoms with Crippen LogP contribution in [0.2, 0.25) is 0 Å². The molecule has 0 aliphatic heterocycles. The second-order valence-electron chi connectivity index (χ2n) is 4.35. The molecule has 0 saturated heterocycles. The maximum Gasteiger partial charge on any atom is 0.511 e. The highest BCUT2D eigenvalue weighted by Gasteiger charge is 2.49. The molecular weight excluding hydrogens is 262 g/mol. The summed E-state index contributed by atoms with van der Waals surface area (Å²) >= 11 is 0. The Hall–Kier alpha value is -0.733. The molecule has 2 N–H and O–H groups in total. The molecule has 2 atom stereocenters. The van der Waals surface area contributed by atoms with E-state index in [-0.39, 0.29) is 11.7 Å². The van der Waals surface area contributed by atoms with E-state index in [9.17, 15) is 0 Å². The molecule has 0 spiro atoms. The number of hydrogen-bond donors (Lipinski definition) is 1. The molecule has 0 fully saturated rings. The SMILES string of the molecule is CCC(N)n1ccnc1C(CC)[Si](OC)(OC)OC. The van der Waals surface area contributed by atoms with Crippen LogP contribution in [0.4, 0.5) is 0 Å². The van der Waals surface area contributed by atoms with Crippen LogP contribution >= 0.6 is 0 Å². The molecule has 0 radical (unpaired) electrons. The molecule has 1 rings (SSSR count). The predicted molar refractivity (Wildman–Crippen MR) is 75.6 cm³/mol. The normalized spacial score (nSPS) is 15.5. The van der Waals surface area contributed by atoms with E-state index < -0.39 is 8.80 Å². The van der Waals surface area contributed by atoms with Crippen LogP contribution in [0.15, 0.2) is 12.4 Å². The van der Waals surface area contributed by atoms with Gasteiger partial charge < -0.3 is 23.6 Å². The van der Waals surface area contributed by atoms with Gasteiger partial charge in [-0.15, -0.1) is 0 Å². The lowest BCUT2D eigenvalue weighted by Crippen LogP contribution is -2.50. The molecular formula is C12H25N3O3Si. The van der Waals surface area contributed by atoms with Crippen molar-refractivity contribution >= 4 is 8.80 Å². The summed E-state index contributed by atoms with van der Waals surface area (Å²) in [4.78, 5) is 4.44. The number of hydrogen-bond acceptors (Lipinski definition) is 5. The highest BCUT2D eigenvalue weighted by Crippen LogP contribution is 2.31. The van der Waals surface area contributed by atoms with E-state index in [2.05, 4.69) is 11.9 Å². The summed E-state index contributed by atoms with van der Waals surface area (Å²) in [7, 11) is 2.08. The van der Waals surface area contributed by atoms with E-state index in [1.807, 2.05) is 17.7 Å². The van der Waals surface area contributed by atoms with Gasteiger partial charge in [-0.2, -0.15) is 0 Å². The minimum atomic E-state index is -2.78. The maximum atomic E-state index is 6.12. The fourth-order valence-electron chi connectivity index (χ4n) is 2.34. The third-order valence-electron chi connectivity index (χ3n) is 3.47. The molecule has 0 aliphatic carbocycles. The Morgan fingerprint density at radius 2 is 1.79 bits per heavy atom. The number of nitrogens with zero attached hydrogens (tertiary/aromatic N) is 2. The van der Waals surface area contributed by atoms with Crippen molar-refractivity contribution in [2.75, 3.05) is 21.3 Å². The summed E-state index contributed by atoms with van der Waals surface area (Å²) in [6, 6.07) is 0.